The highest BCUT2D eigenvalue weighted by Crippen LogP contribution is 2.33. The molecule has 2 heterocycles. The molecule has 1 aliphatic carbocycles. The molecule has 0 radical (unpaired) electrons. The number of carbonyl (C=O) groups excluding carboxylic acids is 2. The van der Waals surface area contributed by atoms with Crippen molar-refractivity contribution in [3.8, 4) is 11.3 Å². The van der Waals surface area contributed by atoms with Gasteiger partial charge in [-0.25, -0.2) is 0 Å². The number of benzene rings is 1. The molecule has 1 aliphatic heterocycles. The Morgan fingerprint density at radius 3 is 2.45 bits per heavy atom. The molecule has 4 rings (SSSR count). The lowest BCUT2D eigenvalue weighted by Gasteiger charge is -2.45. The molecule has 1 aromatic carbocycles. The molecule has 0 bridgehead atoms. The van der Waals surface area contributed by atoms with Crippen LogP contribution in [-0.2, 0) is 16.1 Å². The predicted molar refractivity (Wildman–Crippen MR) is 130 cm³/mol. The van der Waals surface area contributed by atoms with Gasteiger partial charge < -0.3 is 19.5 Å². The minimum Gasteiger partial charge on any atom is -0.382 e. The van der Waals surface area contributed by atoms with Gasteiger partial charge in [-0.15, -0.1) is 0 Å². The number of ether oxygens (including phenoxy) is 1. The van der Waals surface area contributed by atoms with E-state index in [1.807, 2.05) is 60.9 Å². The summed E-state index contributed by atoms with van der Waals surface area (Å²) < 4.78 is 7.54. The van der Waals surface area contributed by atoms with E-state index in [-0.39, 0.29) is 17.9 Å². The standard InChI is InChI=1S/C27H37N3O3/c1-3-33-19-11-18-30-25(31)24-17-16-23(21-12-7-6-8-13-21)29(24)20-27(30,2)26(32)28-22-14-9-4-5-10-15-22/h6-8,12-13,16-17,22H,3-5,9-11,14-15,18-20H2,1-2H3,(H,28,32)/t27-/m0/s1. The lowest BCUT2D eigenvalue weighted by atomic mass is 9.93. The van der Waals surface area contributed by atoms with Gasteiger partial charge in [0.2, 0.25) is 5.91 Å². The van der Waals surface area contributed by atoms with Crippen molar-refractivity contribution >= 4 is 11.8 Å². The van der Waals surface area contributed by atoms with Crippen LogP contribution in [0.1, 0.15) is 69.3 Å². The molecule has 0 spiro atoms. The average Bonchev–Trinajstić information content (AvgIpc) is 3.07. The summed E-state index contributed by atoms with van der Waals surface area (Å²) in [5, 5.41) is 3.33. The van der Waals surface area contributed by atoms with Crippen LogP contribution in [0.4, 0.5) is 0 Å². The molecular weight excluding hydrogens is 414 g/mol. The van der Waals surface area contributed by atoms with E-state index in [2.05, 4.69) is 5.32 Å². The van der Waals surface area contributed by atoms with Crippen LogP contribution >= 0.6 is 0 Å². The number of fused-ring (bicyclic) bond motifs is 1. The first kappa shape index (κ1) is 23.6. The Morgan fingerprint density at radius 1 is 1.06 bits per heavy atom. The van der Waals surface area contributed by atoms with E-state index >= 15 is 0 Å². The number of aromatic nitrogens is 1. The monoisotopic (exact) mass is 451 g/mol. The van der Waals surface area contributed by atoms with Crippen LogP contribution in [0.5, 0.6) is 0 Å². The Hall–Kier alpha value is -2.60. The van der Waals surface area contributed by atoms with E-state index in [1.165, 1.54) is 12.8 Å². The van der Waals surface area contributed by atoms with Gasteiger partial charge >= 0.3 is 0 Å². The van der Waals surface area contributed by atoms with Gasteiger partial charge in [-0.3, -0.25) is 9.59 Å². The van der Waals surface area contributed by atoms with Crippen LogP contribution in [0.3, 0.4) is 0 Å². The highest BCUT2D eigenvalue weighted by Gasteiger charge is 2.47. The molecule has 1 N–H and O–H groups in total. The van der Waals surface area contributed by atoms with E-state index < -0.39 is 5.54 Å². The highest BCUT2D eigenvalue weighted by atomic mass is 16.5. The molecule has 1 aromatic heterocycles. The Bertz CT molecular complexity index is 947. The van der Waals surface area contributed by atoms with Gasteiger partial charge in [0.25, 0.3) is 5.91 Å². The number of amides is 2. The minimum absolute atomic E-state index is 0.0440. The summed E-state index contributed by atoms with van der Waals surface area (Å²) in [5.74, 6) is -0.129. The summed E-state index contributed by atoms with van der Waals surface area (Å²) in [6.45, 7) is 6.06. The fraction of sp³-hybridized carbons (Fsp3) is 0.556. The maximum atomic E-state index is 13.8. The number of nitrogens with zero attached hydrogens (tertiary/aromatic N) is 2. The molecule has 6 heteroatoms. The second-order valence-corrected chi connectivity index (χ2v) is 9.50. The summed E-state index contributed by atoms with van der Waals surface area (Å²) >= 11 is 0. The zero-order chi connectivity index (χ0) is 23.3. The molecule has 2 aromatic rings. The van der Waals surface area contributed by atoms with Crippen molar-refractivity contribution in [1.82, 2.24) is 14.8 Å². The number of hydrogen-bond donors (Lipinski definition) is 1. The maximum absolute atomic E-state index is 13.8. The third kappa shape index (κ3) is 5.01. The Balaban J connectivity index is 1.64. The number of nitrogens with one attached hydrogen (secondary N) is 1. The average molecular weight is 452 g/mol. The van der Waals surface area contributed by atoms with Crippen LogP contribution < -0.4 is 5.32 Å². The number of carbonyl (C=O) groups is 2. The molecule has 1 saturated carbocycles. The van der Waals surface area contributed by atoms with Gasteiger partial charge in [0.1, 0.15) is 11.2 Å². The van der Waals surface area contributed by atoms with Gasteiger partial charge in [-0.1, -0.05) is 56.0 Å². The van der Waals surface area contributed by atoms with E-state index in [9.17, 15) is 9.59 Å². The lowest BCUT2D eigenvalue weighted by molar-refractivity contribution is -0.133. The quantitative estimate of drug-likeness (QED) is 0.470. The second-order valence-electron chi connectivity index (χ2n) is 9.50. The molecular formula is C27H37N3O3. The van der Waals surface area contributed by atoms with Crippen LogP contribution in [0.15, 0.2) is 42.5 Å². The third-order valence-electron chi connectivity index (χ3n) is 7.13. The summed E-state index contributed by atoms with van der Waals surface area (Å²) in [4.78, 5) is 29.2. The molecule has 33 heavy (non-hydrogen) atoms. The summed E-state index contributed by atoms with van der Waals surface area (Å²) in [7, 11) is 0. The van der Waals surface area contributed by atoms with Crippen molar-refractivity contribution in [3.63, 3.8) is 0 Å². The zero-order valence-electron chi connectivity index (χ0n) is 20.0. The van der Waals surface area contributed by atoms with E-state index in [0.717, 1.165) is 36.9 Å². The Kier molecular flexibility index (Phi) is 7.53. The summed E-state index contributed by atoms with van der Waals surface area (Å²) in [5.41, 5.74) is 1.71. The third-order valence-corrected chi connectivity index (χ3v) is 7.13. The first-order valence-corrected chi connectivity index (χ1v) is 12.5. The minimum atomic E-state index is -0.953. The van der Waals surface area contributed by atoms with Crippen molar-refractivity contribution < 1.29 is 14.3 Å². The zero-order valence-corrected chi connectivity index (χ0v) is 20.0. The molecule has 0 unspecified atom stereocenters. The van der Waals surface area contributed by atoms with Gasteiger partial charge in [0.05, 0.1) is 6.54 Å². The molecule has 178 valence electrons. The SMILES string of the molecule is CCOCCCN1C(=O)c2ccc(-c3ccccc3)n2C[C@@]1(C)C(=O)NC1CCCCCC1. The topological polar surface area (TPSA) is 63.6 Å². The fourth-order valence-corrected chi connectivity index (χ4v) is 5.22. The molecule has 2 aliphatic rings. The van der Waals surface area contributed by atoms with Gasteiger partial charge in [0.15, 0.2) is 0 Å². The van der Waals surface area contributed by atoms with Crippen molar-refractivity contribution in [2.45, 2.75) is 76.9 Å². The van der Waals surface area contributed by atoms with Crippen LogP contribution in [0.2, 0.25) is 0 Å². The smallest absolute Gasteiger partial charge is 0.271 e. The molecule has 1 fully saturated rings. The van der Waals surface area contributed by atoms with E-state index in [0.29, 0.717) is 38.4 Å². The van der Waals surface area contributed by atoms with Gasteiger partial charge in [-0.05, 0) is 50.8 Å². The first-order valence-electron chi connectivity index (χ1n) is 12.5. The Morgan fingerprint density at radius 2 is 1.76 bits per heavy atom. The van der Waals surface area contributed by atoms with Gasteiger partial charge in [0, 0.05) is 31.5 Å². The van der Waals surface area contributed by atoms with Gasteiger partial charge in [-0.2, -0.15) is 0 Å². The number of hydrogen-bond acceptors (Lipinski definition) is 3. The lowest BCUT2D eigenvalue weighted by Crippen LogP contribution is -2.65. The molecule has 0 saturated heterocycles. The highest BCUT2D eigenvalue weighted by molar-refractivity contribution is 6.00. The number of rotatable bonds is 8. The van der Waals surface area contributed by atoms with Crippen LogP contribution in [0.25, 0.3) is 11.3 Å². The largest absolute Gasteiger partial charge is 0.382 e. The normalized spacial score (nSPS) is 21.5. The fourth-order valence-electron chi connectivity index (χ4n) is 5.22. The molecule has 1 atom stereocenters. The first-order chi connectivity index (χ1) is 16.0. The van der Waals surface area contributed by atoms with Crippen molar-refractivity contribution in [3.05, 3.63) is 48.2 Å². The summed E-state index contributed by atoms with van der Waals surface area (Å²) in [6.07, 6.45) is 7.52. The second kappa shape index (κ2) is 10.6. The van der Waals surface area contributed by atoms with Crippen LogP contribution in [0, 0.1) is 0 Å². The Labute approximate surface area is 197 Å². The van der Waals surface area contributed by atoms with Crippen molar-refractivity contribution in [1.29, 1.82) is 0 Å². The van der Waals surface area contributed by atoms with Crippen LogP contribution in [-0.4, -0.2) is 52.6 Å². The van der Waals surface area contributed by atoms with E-state index in [4.69, 9.17) is 4.74 Å². The molecule has 2 amide bonds. The summed E-state index contributed by atoms with van der Waals surface area (Å²) in [6, 6.07) is 14.2. The maximum Gasteiger partial charge on any atom is 0.271 e. The van der Waals surface area contributed by atoms with E-state index in [1.54, 1.807) is 4.90 Å². The predicted octanol–water partition coefficient (Wildman–Crippen LogP) is 4.64. The molecule has 6 nitrogen and oxygen atoms in total. The van der Waals surface area contributed by atoms with Crippen molar-refractivity contribution in [2.24, 2.45) is 0 Å². The van der Waals surface area contributed by atoms with Crippen molar-refractivity contribution in [2.75, 3.05) is 19.8 Å².